The van der Waals surface area contributed by atoms with Gasteiger partial charge in [-0.05, 0) is 32.1 Å². The van der Waals surface area contributed by atoms with Crippen molar-refractivity contribution in [3.63, 3.8) is 0 Å². The molecule has 1 fully saturated rings. The number of carbonyl (C=O) groups is 2. The van der Waals surface area contributed by atoms with E-state index in [-0.39, 0.29) is 17.9 Å². The summed E-state index contributed by atoms with van der Waals surface area (Å²) in [6.45, 7) is 4.59. The molecule has 0 aliphatic heterocycles. The van der Waals surface area contributed by atoms with Crippen LogP contribution in [0, 0.1) is 5.41 Å². The highest BCUT2D eigenvalue weighted by molar-refractivity contribution is 5.75. The van der Waals surface area contributed by atoms with Crippen LogP contribution in [0.4, 0.5) is 4.79 Å². The summed E-state index contributed by atoms with van der Waals surface area (Å²) >= 11 is 0. The van der Waals surface area contributed by atoms with Crippen molar-refractivity contribution >= 4 is 12.0 Å². The molecule has 0 atom stereocenters. The van der Waals surface area contributed by atoms with E-state index in [9.17, 15) is 9.59 Å². The Morgan fingerprint density at radius 2 is 1.86 bits per heavy atom. The van der Waals surface area contributed by atoms with Crippen LogP contribution in [0.2, 0.25) is 0 Å². The maximum atomic E-state index is 12.0. The maximum Gasteiger partial charge on any atom is 0.315 e. The largest absolute Gasteiger partial charge is 0.481 e. The molecule has 0 aromatic rings. The van der Waals surface area contributed by atoms with Crippen LogP contribution in [0.25, 0.3) is 0 Å². The Bertz CT molecular complexity index is 363. The summed E-state index contributed by atoms with van der Waals surface area (Å²) in [7, 11) is 1.59. The molecule has 0 radical (unpaired) electrons. The van der Waals surface area contributed by atoms with E-state index in [1.54, 1.807) is 7.11 Å². The lowest BCUT2D eigenvalue weighted by Gasteiger charge is -2.36. The molecule has 21 heavy (non-hydrogen) atoms. The first-order valence-electron chi connectivity index (χ1n) is 7.55. The van der Waals surface area contributed by atoms with Gasteiger partial charge in [0.05, 0.1) is 18.6 Å². The van der Waals surface area contributed by atoms with Crippen LogP contribution in [-0.2, 0) is 9.53 Å². The van der Waals surface area contributed by atoms with E-state index in [1.807, 2.05) is 13.8 Å². The van der Waals surface area contributed by atoms with Gasteiger partial charge in [-0.3, -0.25) is 4.79 Å². The molecule has 0 unspecified atom stereocenters. The lowest BCUT2D eigenvalue weighted by Crippen LogP contribution is -2.53. The predicted octanol–water partition coefficient (Wildman–Crippen LogP) is 2.14. The van der Waals surface area contributed by atoms with Crippen LogP contribution in [0.1, 0.15) is 52.4 Å². The molecule has 0 spiro atoms. The van der Waals surface area contributed by atoms with E-state index in [1.165, 1.54) is 0 Å². The second kappa shape index (κ2) is 7.64. The van der Waals surface area contributed by atoms with Gasteiger partial charge in [0.2, 0.25) is 0 Å². The van der Waals surface area contributed by atoms with Crippen molar-refractivity contribution in [2.45, 2.75) is 57.9 Å². The van der Waals surface area contributed by atoms with E-state index < -0.39 is 11.5 Å². The van der Waals surface area contributed by atoms with Gasteiger partial charge in [-0.25, -0.2) is 4.79 Å². The minimum absolute atomic E-state index is 0.120. The predicted molar refractivity (Wildman–Crippen MR) is 80.3 cm³/mol. The molecule has 122 valence electrons. The molecule has 0 aromatic carbocycles. The smallest absolute Gasteiger partial charge is 0.315 e. The fourth-order valence-electron chi connectivity index (χ4n) is 3.05. The average Bonchev–Trinajstić information content (AvgIpc) is 2.36. The standard InChI is InChI=1S/C15H28N2O4/c1-14(2,11-21-3)17-13(20)16-10-15(9-12(18)19)7-5-4-6-8-15/h4-11H2,1-3H3,(H,18,19)(H2,16,17,20). The first kappa shape index (κ1) is 17.8. The van der Waals surface area contributed by atoms with Crippen molar-refractivity contribution in [2.75, 3.05) is 20.3 Å². The lowest BCUT2D eigenvalue weighted by molar-refractivity contribution is -0.140. The molecule has 0 bridgehead atoms. The zero-order valence-electron chi connectivity index (χ0n) is 13.3. The third-order valence-corrected chi connectivity index (χ3v) is 4.02. The number of hydrogen-bond acceptors (Lipinski definition) is 3. The van der Waals surface area contributed by atoms with E-state index in [2.05, 4.69) is 10.6 Å². The molecule has 1 aliphatic rings. The molecular formula is C15H28N2O4. The zero-order chi connectivity index (χ0) is 15.9. The number of nitrogens with one attached hydrogen (secondary N) is 2. The number of methoxy groups -OCH3 is 1. The number of carbonyl (C=O) groups excluding carboxylic acids is 1. The van der Waals surface area contributed by atoms with Gasteiger partial charge in [-0.15, -0.1) is 0 Å². The van der Waals surface area contributed by atoms with E-state index in [0.717, 1.165) is 32.1 Å². The lowest BCUT2D eigenvalue weighted by atomic mass is 9.72. The van der Waals surface area contributed by atoms with E-state index >= 15 is 0 Å². The number of amides is 2. The topological polar surface area (TPSA) is 87.7 Å². The Morgan fingerprint density at radius 3 is 2.38 bits per heavy atom. The number of ether oxygens (including phenoxy) is 1. The number of aliphatic carboxylic acids is 1. The Hall–Kier alpha value is -1.30. The molecule has 6 heteroatoms. The van der Waals surface area contributed by atoms with Crippen LogP contribution in [0.5, 0.6) is 0 Å². The Labute approximate surface area is 126 Å². The molecule has 6 nitrogen and oxygen atoms in total. The van der Waals surface area contributed by atoms with Gasteiger partial charge in [-0.2, -0.15) is 0 Å². The van der Waals surface area contributed by atoms with Crippen LogP contribution in [0.3, 0.4) is 0 Å². The van der Waals surface area contributed by atoms with Gasteiger partial charge in [0.15, 0.2) is 0 Å². The highest BCUT2D eigenvalue weighted by atomic mass is 16.5. The maximum absolute atomic E-state index is 12.0. The minimum atomic E-state index is -0.793. The summed E-state index contributed by atoms with van der Waals surface area (Å²) in [5.41, 5.74) is -0.752. The monoisotopic (exact) mass is 300 g/mol. The molecule has 1 aliphatic carbocycles. The summed E-state index contributed by atoms with van der Waals surface area (Å²) in [4.78, 5) is 23.1. The summed E-state index contributed by atoms with van der Waals surface area (Å²) in [5.74, 6) is -0.793. The molecule has 0 aromatic heterocycles. The van der Waals surface area contributed by atoms with Gasteiger partial charge >= 0.3 is 12.0 Å². The SMILES string of the molecule is COCC(C)(C)NC(=O)NCC1(CC(=O)O)CCCCC1. The van der Waals surface area contributed by atoms with Crippen molar-refractivity contribution in [3.05, 3.63) is 0 Å². The van der Waals surface area contributed by atoms with Crippen LogP contribution in [0.15, 0.2) is 0 Å². The second-order valence-electron chi connectivity index (χ2n) is 6.76. The Kier molecular flexibility index (Phi) is 6.45. The van der Waals surface area contributed by atoms with Crippen molar-refractivity contribution < 1.29 is 19.4 Å². The van der Waals surface area contributed by atoms with Gasteiger partial charge in [0, 0.05) is 13.7 Å². The normalized spacial score (nSPS) is 18.0. The van der Waals surface area contributed by atoms with Gasteiger partial charge in [0.1, 0.15) is 0 Å². The highest BCUT2D eigenvalue weighted by Gasteiger charge is 2.35. The summed E-state index contributed by atoms with van der Waals surface area (Å²) in [6, 6.07) is -0.271. The van der Waals surface area contributed by atoms with Gasteiger partial charge in [0.25, 0.3) is 0 Å². The molecule has 0 heterocycles. The first-order chi connectivity index (χ1) is 9.79. The molecule has 0 saturated heterocycles. The number of hydrogen-bond donors (Lipinski definition) is 3. The molecule has 1 saturated carbocycles. The third-order valence-electron chi connectivity index (χ3n) is 4.02. The Balaban J connectivity index is 2.52. The number of carboxylic acids is 1. The second-order valence-corrected chi connectivity index (χ2v) is 6.76. The van der Waals surface area contributed by atoms with Crippen LogP contribution < -0.4 is 10.6 Å². The molecular weight excluding hydrogens is 272 g/mol. The van der Waals surface area contributed by atoms with Gasteiger partial charge < -0.3 is 20.5 Å². The van der Waals surface area contributed by atoms with Crippen molar-refractivity contribution in [1.82, 2.24) is 10.6 Å². The third kappa shape index (κ3) is 6.33. The molecule has 2 amide bonds. The van der Waals surface area contributed by atoms with Crippen molar-refractivity contribution in [2.24, 2.45) is 5.41 Å². The number of carboxylic acid groups (broad SMARTS) is 1. The number of rotatable bonds is 7. The summed E-state index contributed by atoms with van der Waals surface area (Å²) < 4.78 is 5.05. The first-order valence-corrected chi connectivity index (χ1v) is 7.55. The fraction of sp³-hybridized carbons (Fsp3) is 0.867. The highest BCUT2D eigenvalue weighted by Crippen LogP contribution is 2.38. The average molecular weight is 300 g/mol. The quantitative estimate of drug-likeness (QED) is 0.672. The minimum Gasteiger partial charge on any atom is -0.481 e. The Morgan fingerprint density at radius 1 is 1.24 bits per heavy atom. The van der Waals surface area contributed by atoms with E-state index in [4.69, 9.17) is 9.84 Å². The van der Waals surface area contributed by atoms with Gasteiger partial charge in [-0.1, -0.05) is 19.3 Å². The van der Waals surface area contributed by atoms with Crippen LogP contribution in [-0.4, -0.2) is 42.9 Å². The van der Waals surface area contributed by atoms with Crippen molar-refractivity contribution in [3.8, 4) is 0 Å². The summed E-state index contributed by atoms with van der Waals surface area (Å²) in [6.07, 6.45) is 5.06. The van der Waals surface area contributed by atoms with Crippen LogP contribution >= 0.6 is 0 Å². The zero-order valence-corrected chi connectivity index (χ0v) is 13.3. The number of urea groups is 1. The summed E-state index contributed by atoms with van der Waals surface area (Å²) in [5, 5.41) is 14.8. The van der Waals surface area contributed by atoms with Crippen molar-refractivity contribution in [1.29, 1.82) is 0 Å². The fourth-order valence-corrected chi connectivity index (χ4v) is 3.05. The molecule has 1 rings (SSSR count). The molecule has 3 N–H and O–H groups in total. The van der Waals surface area contributed by atoms with E-state index in [0.29, 0.717) is 13.2 Å².